The van der Waals surface area contributed by atoms with E-state index in [1.807, 2.05) is 0 Å². The summed E-state index contributed by atoms with van der Waals surface area (Å²) >= 11 is 0. The topological polar surface area (TPSA) is 75.6 Å². The van der Waals surface area contributed by atoms with E-state index < -0.39 is 18.2 Å². The molecule has 0 aliphatic carbocycles. The van der Waals surface area contributed by atoms with Crippen LogP contribution in [0.4, 0.5) is 0 Å². The molecule has 0 aliphatic heterocycles. The molecule has 0 rings (SSSR count). The van der Waals surface area contributed by atoms with Gasteiger partial charge >= 0.3 is 5.97 Å². The zero-order valence-corrected chi connectivity index (χ0v) is 8.03. The Morgan fingerprint density at radius 2 is 1.92 bits per heavy atom. The summed E-state index contributed by atoms with van der Waals surface area (Å²) in [5.74, 6) is -1.37. The van der Waals surface area contributed by atoms with Crippen molar-refractivity contribution in [1.29, 1.82) is 0 Å². The van der Waals surface area contributed by atoms with Crippen LogP contribution >= 0.6 is 0 Å². The fourth-order valence-corrected chi connectivity index (χ4v) is 0.744. The molecule has 0 aliphatic rings. The molecule has 76 valence electrons. The molecular formula is C8H15NO4. The molecule has 2 N–H and O–H groups in total. The van der Waals surface area contributed by atoms with Crippen LogP contribution < -0.4 is 5.32 Å². The minimum absolute atomic E-state index is 0.296. The third-order valence-electron chi connectivity index (χ3n) is 1.48. The van der Waals surface area contributed by atoms with Gasteiger partial charge in [0.25, 0.3) is 0 Å². The summed E-state index contributed by atoms with van der Waals surface area (Å²) < 4.78 is 4.91. The third-order valence-corrected chi connectivity index (χ3v) is 1.48. The molecule has 5 nitrogen and oxygen atoms in total. The zero-order chi connectivity index (χ0) is 10.4. The summed E-state index contributed by atoms with van der Waals surface area (Å²) in [5, 5.41) is 11.0. The van der Waals surface area contributed by atoms with E-state index in [0.717, 1.165) is 0 Å². The fourth-order valence-electron chi connectivity index (χ4n) is 0.744. The van der Waals surface area contributed by atoms with Crippen LogP contribution in [0.2, 0.25) is 0 Å². The lowest BCUT2D eigenvalue weighted by atomic mass is 10.3. The van der Waals surface area contributed by atoms with Crippen molar-refractivity contribution < 1.29 is 19.4 Å². The summed E-state index contributed by atoms with van der Waals surface area (Å²) in [6.07, 6.45) is -1.69. The van der Waals surface area contributed by atoms with Crippen molar-refractivity contribution in [1.82, 2.24) is 5.32 Å². The maximum atomic E-state index is 11.1. The second-order valence-corrected chi connectivity index (χ2v) is 2.65. The molecule has 0 fully saturated rings. The smallest absolute Gasteiger partial charge is 0.332 e. The molecular weight excluding hydrogens is 174 g/mol. The molecule has 2 atom stereocenters. The fraction of sp³-hybridized carbons (Fsp3) is 0.750. The zero-order valence-electron chi connectivity index (χ0n) is 8.03. The highest BCUT2D eigenvalue weighted by molar-refractivity contribution is 5.81. The number of likely N-dealkylation sites (N-methyl/N-ethyl adjacent to an activating group) is 1. The van der Waals surface area contributed by atoms with Crippen molar-refractivity contribution >= 4 is 11.9 Å². The van der Waals surface area contributed by atoms with Crippen LogP contribution in [-0.2, 0) is 14.3 Å². The average molecular weight is 189 g/mol. The van der Waals surface area contributed by atoms with E-state index in [4.69, 9.17) is 9.84 Å². The normalized spacial score (nSPS) is 14.7. The number of carbonyl (C=O) groups is 2. The van der Waals surface area contributed by atoms with E-state index in [1.165, 1.54) is 13.8 Å². The molecule has 0 radical (unpaired) electrons. The largest absolute Gasteiger partial charge is 0.479 e. The highest BCUT2D eigenvalue weighted by atomic mass is 16.5. The van der Waals surface area contributed by atoms with Crippen LogP contribution in [0.25, 0.3) is 0 Å². The first kappa shape index (κ1) is 11.9. The number of aliphatic carboxylic acids is 1. The number of ether oxygens (including phenoxy) is 1. The van der Waals surface area contributed by atoms with Gasteiger partial charge in [0.2, 0.25) is 5.91 Å². The Bertz CT molecular complexity index is 193. The van der Waals surface area contributed by atoms with E-state index in [-0.39, 0.29) is 5.91 Å². The van der Waals surface area contributed by atoms with Crippen LogP contribution in [0.15, 0.2) is 0 Å². The summed E-state index contributed by atoms with van der Waals surface area (Å²) in [4.78, 5) is 21.4. The first-order valence-corrected chi connectivity index (χ1v) is 4.15. The average Bonchev–Trinajstić information content (AvgIpc) is 2.04. The van der Waals surface area contributed by atoms with Crippen molar-refractivity contribution in [2.45, 2.75) is 33.0 Å². The number of hydrogen-bond donors (Lipinski definition) is 2. The number of carbonyl (C=O) groups excluding carboxylic acids is 1. The predicted molar refractivity (Wildman–Crippen MR) is 46.3 cm³/mol. The Morgan fingerprint density at radius 3 is 2.31 bits per heavy atom. The minimum Gasteiger partial charge on any atom is -0.479 e. The van der Waals surface area contributed by atoms with E-state index in [9.17, 15) is 9.59 Å². The van der Waals surface area contributed by atoms with Crippen molar-refractivity contribution in [2.75, 3.05) is 6.54 Å². The molecule has 0 aromatic rings. The molecule has 1 amide bonds. The molecule has 0 spiro atoms. The molecule has 5 heteroatoms. The molecule has 13 heavy (non-hydrogen) atoms. The SMILES string of the molecule is CCNC(=O)C(C)O[C@H](C)C(=O)O. The third kappa shape index (κ3) is 4.47. The number of rotatable bonds is 5. The number of hydrogen-bond acceptors (Lipinski definition) is 3. The molecule has 0 saturated carbocycles. The van der Waals surface area contributed by atoms with Crippen LogP contribution in [0.3, 0.4) is 0 Å². The van der Waals surface area contributed by atoms with Crippen LogP contribution in [0.1, 0.15) is 20.8 Å². The van der Waals surface area contributed by atoms with E-state index in [0.29, 0.717) is 6.54 Å². The maximum Gasteiger partial charge on any atom is 0.332 e. The molecule has 0 aromatic carbocycles. The first-order chi connectivity index (χ1) is 5.99. The Balaban J connectivity index is 3.92. The monoisotopic (exact) mass is 189 g/mol. The number of amides is 1. The van der Waals surface area contributed by atoms with Gasteiger partial charge in [-0.25, -0.2) is 4.79 Å². The van der Waals surface area contributed by atoms with Crippen molar-refractivity contribution in [2.24, 2.45) is 0 Å². The first-order valence-electron chi connectivity index (χ1n) is 4.15. The van der Waals surface area contributed by atoms with Gasteiger partial charge in [0, 0.05) is 6.54 Å². The second-order valence-electron chi connectivity index (χ2n) is 2.65. The van der Waals surface area contributed by atoms with Crippen molar-refractivity contribution in [3.8, 4) is 0 Å². The van der Waals surface area contributed by atoms with Crippen molar-refractivity contribution in [3.63, 3.8) is 0 Å². The Morgan fingerprint density at radius 1 is 1.38 bits per heavy atom. The molecule has 1 unspecified atom stereocenters. The van der Waals surface area contributed by atoms with Gasteiger partial charge in [0.1, 0.15) is 6.10 Å². The van der Waals surface area contributed by atoms with Crippen LogP contribution in [-0.4, -0.2) is 35.7 Å². The second kappa shape index (κ2) is 5.53. The van der Waals surface area contributed by atoms with E-state index >= 15 is 0 Å². The lowest BCUT2D eigenvalue weighted by Gasteiger charge is -2.15. The Kier molecular flexibility index (Phi) is 5.06. The Labute approximate surface area is 77.1 Å². The summed E-state index contributed by atoms with van der Waals surface area (Å²) in [5.41, 5.74) is 0. The van der Waals surface area contributed by atoms with E-state index in [1.54, 1.807) is 6.92 Å². The standard InChI is InChI=1S/C8H15NO4/c1-4-9-7(10)5(2)13-6(3)8(11)12/h5-6H,4H2,1-3H3,(H,9,10)(H,11,12)/t5?,6-/m1/s1. The van der Waals surface area contributed by atoms with Gasteiger partial charge in [-0.15, -0.1) is 0 Å². The number of carboxylic acids is 1. The maximum absolute atomic E-state index is 11.1. The highest BCUT2D eigenvalue weighted by Gasteiger charge is 2.19. The van der Waals surface area contributed by atoms with Gasteiger partial charge in [-0.2, -0.15) is 0 Å². The molecule has 0 saturated heterocycles. The number of carboxylic acid groups (broad SMARTS) is 1. The highest BCUT2D eigenvalue weighted by Crippen LogP contribution is 1.98. The van der Waals surface area contributed by atoms with Gasteiger partial charge in [-0.05, 0) is 20.8 Å². The lowest BCUT2D eigenvalue weighted by molar-refractivity contribution is -0.155. The lowest BCUT2D eigenvalue weighted by Crippen LogP contribution is -2.37. The summed E-state index contributed by atoms with van der Waals surface area (Å²) in [7, 11) is 0. The Hall–Kier alpha value is -1.10. The van der Waals surface area contributed by atoms with E-state index in [2.05, 4.69) is 5.32 Å². The summed E-state index contributed by atoms with van der Waals surface area (Å²) in [6.45, 7) is 5.20. The van der Waals surface area contributed by atoms with Crippen LogP contribution in [0.5, 0.6) is 0 Å². The quantitative estimate of drug-likeness (QED) is 0.638. The van der Waals surface area contributed by atoms with Gasteiger partial charge in [-0.3, -0.25) is 4.79 Å². The molecule has 0 heterocycles. The summed E-state index contributed by atoms with van der Waals surface area (Å²) in [6, 6.07) is 0. The van der Waals surface area contributed by atoms with Gasteiger partial charge in [-0.1, -0.05) is 0 Å². The minimum atomic E-state index is -1.07. The van der Waals surface area contributed by atoms with Gasteiger partial charge in [0.05, 0.1) is 0 Å². The number of nitrogens with one attached hydrogen (secondary N) is 1. The van der Waals surface area contributed by atoms with Crippen LogP contribution in [0, 0.1) is 0 Å². The van der Waals surface area contributed by atoms with Crippen molar-refractivity contribution in [3.05, 3.63) is 0 Å². The molecule has 0 aromatic heterocycles. The van der Waals surface area contributed by atoms with Gasteiger partial charge < -0.3 is 15.2 Å². The molecule has 0 bridgehead atoms. The van der Waals surface area contributed by atoms with Gasteiger partial charge in [0.15, 0.2) is 6.10 Å². The predicted octanol–water partition coefficient (Wildman–Crippen LogP) is 0.000700.